The zero-order chi connectivity index (χ0) is 15.0. The topological polar surface area (TPSA) is 87.7 Å². The van der Waals surface area contributed by atoms with Gasteiger partial charge in [-0.05, 0) is 30.5 Å². The molecule has 6 nitrogen and oxygen atoms in total. The largest absolute Gasteiger partial charge is 0.504 e. The first-order chi connectivity index (χ1) is 10.1. The summed E-state index contributed by atoms with van der Waals surface area (Å²) in [6, 6.07) is 6.22. The van der Waals surface area contributed by atoms with E-state index in [1.165, 1.54) is 28.3 Å². The molecule has 1 aromatic carbocycles. The molecule has 0 spiro atoms. The fraction of sp³-hybridized carbons (Fsp3) is 0.0714. The highest BCUT2D eigenvalue weighted by Crippen LogP contribution is 2.26. The lowest BCUT2D eigenvalue weighted by Crippen LogP contribution is -2.19. The number of nitrogens with zero attached hydrogens (tertiary/aromatic N) is 3. The van der Waals surface area contributed by atoms with E-state index >= 15 is 0 Å². The van der Waals surface area contributed by atoms with Gasteiger partial charge in [0.05, 0.1) is 11.6 Å². The molecule has 7 heteroatoms. The second-order valence-corrected chi connectivity index (χ2v) is 5.27. The fourth-order valence-electron chi connectivity index (χ4n) is 1.91. The summed E-state index contributed by atoms with van der Waals surface area (Å²) in [4.78, 5) is 17.3. The van der Waals surface area contributed by atoms with Gasteiger partial charge in [-0.25, -0.2) is 4.98 Å². The van der Waals surface area contributed by atoms with Crippen molar-refractivity contribution < 1.29 is 10.2 Å². The molecule has 2 aromatic heterocycles. The highest BCUT2D eigenvalue weighted by atomic mass is 32.1. The normalized spacial score (nSPS) is 11.5. The number of hydrogen-bond donors (Lipinski definition) is 2. The van der Waals surface area contributed by atoms with E-state index in [1.807, 2.05) is 0 Å². The van der Waals surface area contributed by atoms with E-state index in [-0.39, 0.29) is 17.1 Å². The third kappa shape index (κ3) is 2.27. The maximum absolute atomic E-state index is 12.3. The van der Waals surface area contributed by atoms with Gasteiger partial charge in [-0.3, -0.25) is 4.79 Å². The number of benzene rings is 1. The molecule has 0 fully saturated rings. The zero-order valence-electron chi connectivity index (χ0n) is 11.0. The monoisotopic (exact) mass is 301 g/mol. The van der Waals surface area contributed by atoms with E-state index in [2.05, 4.69) is 10.1 Å². The minimum Gasteiger partial charge on any atom is -0.504 e. The molecule has 3 aromatic rings. The van der Waals surface area contributed by atoms with Gasteiger partial charge in [0.25, 0.3) is 5.56 Å². The Morgan fingerprint density at radius 2 is 2.14 bits per heavy atom. The quantitative estimate of drug-likeness (QED) is 0.560. The van der Waals surface area contributed by atoms with Crippen LogP contribution in [0.4, 0.5) is 0 Å². The van der Waals surface area contributed by atoms with Gasteiger partial charge in [-0.15, -0.1) is 11.3 Å². The van der Waals surface area contributed by atoms with Gasteiger partial charge in [0.1, 0.15) is 10.7 Å². The van der Waals surface area contributed by atoms with Crippen LogP contribution in [0.5, 0.6) is 11.5 Å². The Balaban J connectivity index is 2.11. The predicted molar refractivity (Wildman–Crippen MR) is 81.4 cm³/mol. The molecule has 0 unspecified atom stereocenters. The van der Waals surface area contributed by atoms with Crippen LogP contribution in [0.25, 0.3) is 10.2 Å². The molecule has 0 radical (unpaired) electrons. The van der Waals surface area contributed by atoms with Crippen molar-refractivity contribution in [2.45, 2.75) is 6.92 Å². The van der Waals surface area contributed by atoms with Crippen molar-refractivity contribution in [3.05, 3.63) is 51.4 Å². The Morgan fingerprint density at radius 1 is 1.33 bits per heavy atom. The summed E-state index contributed by atoms with van der Waals surface area (Å²) in [6.07, 6.45) is 1.31. The van der Waals surface area contributed by atoms with E-state index in [9.17, 15) is 15.0 Å². The molecule has 0 aliphatic heterocycles. The molecule has 21 heavy (non-hydrogen) atoms. The number of phenols is 2. The van der Waals surface area contributed by atoms with Crippen LogP contribution in [-0.2, 0) is 0 Å². The van der Waals surface area contributed by atoms with Crippen molar-refractivity contribution in [1.82, 2.24) is 9.66 Å². The lowest BCUT2D eigenvalue weighted by atomic mass is 10.2. The number of aromatic nitrogens is 2. The first-order valence-electron chi connectivity index (χ1n) is 6.10. The number of aryl methyl sites for hydroxylation is 1. The van der Waals surface area contributed by atoms with Crippen LogP contribution in [-0.4, -0.2) is 26.1 Å². The molecular weight excluding hydrogens is 290 g/mol. The fourth-order valence-corrected chi connectivity index (χ4v) is 2.71. The van der Waals surface area contributed by atoms with Gasteiger partial charge < -0.3 is 10.2 Å². The summed E-state index contributed by atoms with van der Waals surface area (Å²) >= 11 is 1.39. The van der Waals surface area contributed by atoms with Gasteiger partial charge in [0.15, 0.2) is 11.5 Å². The third-order valence-electron chi connectivity index (χ3n) is 3.00. The molecule has 3 rings (SSSR count). The molecule has 0 bridgehead atoms. The van der Waals surface area contributed by atoms with E-state index in [4.69, 9.17) is 0 Å². The molecule has 2 N–H and O–H groups in total. The van der Waals surface area contributed by atoms with Crippen LogP contribution in [0.15, 0.2) is 39.5 Å². The SMILES string of the molecule is Cc1nc2sccc2c(=O)n1/N=C/c1cccc(O)c1O. The third-order valence-corrected chi connectivity index (χ3v) is 3.80. The second-order valence-electron chi connectivity index (χ2n) is 4.37. The Kier molecular flexibility index (Phi) is 3.19. The van der Waals surface area contributed by atoms with E-state index in [0.717, 1.165) is 0 Å². The average Bonchev–Trinajstić information content (AvgIpc) is 2.91. The van der Waals surface area contributed by atoms with Crippen LogP contribution < -0.4 is 5.56 Å². The predicted octanol–water partition coefficient (Wildman–Crippen LogP) is 2.06. The van der Waals surface area contributed by atoms with E-state index in [0.29, 0.717) is 21.6 Å². The van der Waals surface area contributed by atoms with Crippen LogP contribution >= 0.6 is 11.3 Å². The van der Waals surface area contributed by atoms with Crippen molar-refractivity contribution in [3.8, 4) is 11.5 Å². The van der Waals surface area contributed by atoms with Crippen LogP contribution in [0.1, 0.15) is 11.4 Å². The lowest BCUT2D eigenvalue weighted by molar-refractivity contribution is 0.403. The zero-order valence-corrected chi connectivity index (χ0v) is 11.8. The van der Waals surface area contributed by atoms with Crippen LogP contribution in [0.3, 0.4) is 0 Å². The number of aromatic hydroxyl groups is 2. The van der Waals surface area contributed by atoms with E-state index in [1.54, 1.807) is 30.5 Å². The minimum atomic E-state index is -0.281. The van der Waals surface area contributed by atoms with Crippen molar-refractivity contribution in [2.24, 2.45) is 5.10 Å². The summed E-state index contributed by atoms with van der Waals surface area (Å²) in [7, 11) is 0. The number of para-hydroxylation sites is 1. The number of thiophene rings is 1. The maximum Gasteiger partial charge on any atom is 0.282 e. The molecular formula is C14H11N3O3S. The molecule has 106 valence electrons. The van der Waals surface area contributed by atoms with Crippen molar-refractivity contribution >= 4 is 27.8 Å². The van der Waals surface area contributed by atoms with E-state index < -0.39 is 0 Å². The van der Waals surface area contributed by atoms with Crippen molar-refractivity contribution in [2.75, 3.05) is 0 Å². The first-order valence-corrected chi connectivity index (χ1v) is 6.98. The molecule has 0 aliphatic rings. The number of fused-ring (bicyclic) bond motifs is 1. The number of phenolic OH excluding ortho intramolecular Hbond substituents is 2. The summed E-state index contributed by atoms with van der Waals surface area (Å²) in [5.74, 6) is -0.0724. The molecule has 0 atom stereocenters. The van der Waals surface area contributed by atoms with Gasteiger partial charge in [0.2, 0.25) is 0 Å². The molecule has 0 aliphatic carbocycles. The van der Waals surface area contributed by atoms with Crippen molar-refractivity contribution in [1.29, 1.82) is 0 Å². The average molecular weight is 301 g/mol. The molecule has 0 amide bonds. The van der Waals surface area contributed by atoms with Gasteiger partial charge in [-0.2, -0.15) is 9.78 Å². The van der Waals surface area contributed by atoms with Gasteiger partial charge in [-0.1, -0.05) is 6.07 Å². The highest BCUT2D eigenvalue weighted by molar-refractivity contribution is 7.16. The minimum absolute atomic E-state index is 0.241. The summed E-state index contributed by atoms with van der Waals surface area (Å²) in [5.41, 5.74) is 0.0429. The Labute approximate surface area is 123 Å². The first kappa shape index (κ1) is 13.3. The summed E-state index contributed by atoms with van der Waals surface area (Å²) < 4.78 is 1.17. The number of hydrogen-bond acceptors (Lipinski definition) is 6. The van der Waals surface area contributed by atoms with Crippen LogP contribution in [0.2, 0.25) is 0 Å². The highest BCUT2D eigenvalue weighted by Gasteiger charge is 2.08. The molecule has 0 saturated carbocycles. The molecule has 2 heterocycles. The lowest BCUT2D eigenvalue weighted by Gasteiger charge is -2.04. The maximum atomic E-state index is 12.3. The van der Waals surface area contributed by atoms with Crippen molar-refractivity contribution in [3.63, 3.8) is 0 Å². The molecule has 0 saturated heterocycles. The Bertz CT molecular complexity index is 911. The standard InChI is InChI=1S/C14H11N3O3S/c1-8-16-13-10(5-6-21-13)14(20)17(8)15-7-9-3-2-4-11(18)12(9)19/h2-7,18-19H,1H3/b15-7+. The Morgan fingerprint density at radius 3 is 2.95 bits per heavy atom. The number of rotatable bonds is 2. The smallest absolute Gasteiger partial charge is 0.282 e. The van der Waals surface area contributed by atoms with Gasteiger partial charge >= 0.3 is 0 Å². The summed E-state index contributed by atoms with van der Waals surface area (Å²) in [6.45, 7) is 1.68. The second kappa shape index (κ2) is 5.02. The van der Waals surface area contributed by atoms with Crippen LogP contribution in [0, 0.1) is 6.92 Å². The van der Waals surface area contributed by atoms with Gasteiger partial charge in [0, 0.05) is 5.56 Å². The summed E-state index contributed by atoms with van der Waals surface area (Å²) in [5, 5.41) is 25.5. The Hall–Kier alpha value is -2.67.